The fourth-order valence-corrected chi connectivity index (χ4v) is 21.8. The van der Waals surface area contributed by atoms with E-state index in [4.69, 9.17) is 26.3 Å². The average Bonchev–Trinajstić information content (AvgIpc) is 4.17. The molecule has 0 saturated carbocycles. The van der Waals surface area contributed by atoms with Crippen molar-refractivity contribution in [2.75, 3.05) is 0 Å². The third kappa shape index (κ3) is 8.27. The Hall–Kier alpha value is -3.41. The molecule has 1 aliphatic heterocycles. The summed E-state index contributed by atoms with van der Waals surface area (Å²) < 4.78 is 32.4. The second-order valence-corrected chi connectivity index (χ2v) is 24.6. The monoisotopic (exact) mass is 1280 g/mol. The zero-order valence-electron chi connectivity index (χ0n) is 36.9. The van der Waals surface area contributed by atoms with Gasteiger partial charge in [0, 0.05) is 84.7 Å². The Bertz CT molecular complexity index is 2990. The number of rotatable bonds is 16. The van der Waals surface area contributed by atoms with Crippen molar-refractivity contribution in [1.29, 1.82) is 0 Å². The molecule has 4 aromatic carbocycles. The first-order valence-electron chi connectivity index (χ1n) is 22.6. The largest absolute Gasteiger partial charge is 0.466 e. The van der Waals surface area contributed by atoms with Gasteiger partial charge in [-0.1, -0.05) is 128 Å². The van der Waals surface area contributed by atoms with Gasteiger partial charge in [-0.2, -0.15) is 31.4 Å². The molecule has 2 atom stereocenters. The minimum absolute atomic E-state index is 0. The van der Waals surface area contributed by atoms with Gasteiger partial charge in [-0.25, -0.2) is 8.75 Å². The van der Waals surface area contributed by atoms with Crippen LogP contribution in [0.4, 0.5) is 0 Å². The maximum Gasteiger partial charge on any atom is 0.133 e. The Morgan fingerprint density at radius 3 is 1.42 bits per heavy atom. The molecular weight excluding hydrogens is 1240 g/mol. The van der Waals surface area contributed by atoms with E-state index in [1.54, 1.807) is 10.4 Å². The van der Waals surface area contributed by atoms with Gasteiger partial charge >= 0.3 is 0 Å². The van der Waals surface area contributed by atoms with Crippen LogP contribution in [0.3, 0.4) is 0 Å². The summed E-state index contributed by atoms with van der Waals surface area (Å²) in [6.45, 7) is 9.54. The van der Waals surface area contributed by atoms with Crippen LogP contribution < -0.4 is 10.4 Å². The van der Waals surface area contributed by atoms with E-state index in [1.807, 2.05) is 59.1 Å². The van der Waals surface area contributed by atoms with E-state index in [0.29, 0.717) is 11.8 Å². The van der Waals surface area contributed by atoms with Crippen LogP contribution in [0.25, 0.3) is 97.3 Å². The Morgan fingerprint density at radius 1 is 0.569 bits per heavy atom. The Labute approximate surface area is 426 Å². The molecule has 2 unspecified atom stereocenters. The van der Waals surface area contributed by atoms with Crippen molar-refractivity contribution in [3.05, 3.63) is 97.1 Å². The van der Waals surface area contributed by atoms with Crippen molar-refractivity contribution in [3.8, 4) is 53.3 Å². The fraction of sp³-hybridized carbons (Fsp3) is 0.308. The van der Waals surface area contributed by atoms with E-state index in [2.05, 4.69) is 88.4 Å². The van der Waals surface area contributed by atoms with Crippen LogP contribution in [0.2, 0.25) is 12.1 Å². The van der Waals surface area contributed by atoms with E-state index < -0.39 is 8.07 Å². The van der Waals surface area contributed by atoms with Crippen LogP contribution in [-0.4, -0.2) is 25.6 Å². The van der Waals surface area contributed by atoms with Crippen LogP contribution in [0.1, 0.15) is 79.1 Å². The number of para-hydroxylation sites is 2. The molecule has 0 spiro atoms. The van der Waals surface area contributed by atoms with Crippen LogP contribution in [0.15, 0.2) is 93.8 Å². The molecule has 0 amide bonds. The molecule has 330 valence electrons. The molecule has 13 heteroatoms. The Balaban J connectivity index is 0.00000266. The van der Waals surface area contributed by atoms with Gasteiger partial charge in [-0.05, 0) is 79.4 Å². The minimum Gasteiger partial charge on any atom is -0.466 e. The summed E-state index contributed by atoms with van der Waals surface area (Å²) in [6, 6.07) is 40.0. The zero-order valence-corrected chi connectivity index (χ0v) is 47.0. The summed E-state index contributed by atoms with van der Waals surface area (Å²) in [5.74, 6) is 2.96. The maximum absolute atomic E-state index is 6.36. The zero-order chi connectivity index (χ0) is 42.7. The number of hydrogen-bond donors (Lipinski definition) is 0. The van der Waals surface area contributed by atoms with Crippen LogP contribution >= 0.6 is 46.1 Å². The van der Waals surface area contributed by atoms with Gasteiger partial charge in [-0.3, -0.25) is 0 Å². The number of nitrogens with zero attached hydrogens (tertiary/aromatic N) is 4. The normalized spacial score (nSPS) is 13.9. The Kier molecular flexibility index (Phi) is 14.1. The molecule has 7 heterocycles. The quantitative estimate of drug-likeness (QED) is 0.0709. The molecule has 0 N–H and O–H groups in total. The fourth-order valence-electron chi connectivity index (χ4n) is 10.2. The summed E-state index contributed by atoms with van der Waals surface area (Å²) in [7, 11) is -2.34. The summed E-state index contributed by atoms with van der Waals surface area (Å²) in [5, 5.41) is 5.43. The maximum atomic E-state index is 6.36. The molecule has 10 aromatic rings. The number of thiophene rings is 2. The first-order chi connectivity index (χ1) is 31.0. The molecule has 0 aliphatic carbocycles. The average molecular weight is 1290 g/mol. The van der Waals surface area contributed by atoms with Gasteiger partial charge in [-0.15, -0.1) is 35.4 Å². The van der Waals surface area contributed by atoms with Crippen molar-refractivity contribution in [3.63, 3.8) is 0 Å². The van der Waals surface area contributed by atoms with Gasteiger partial charge in [0.2, 0.25) is 0 Å². The SMILES string of the molecule is CCCCC(CC)C[Si]1(CC(CC)CCCC)c2cc(-c3[c-]cc(-c4cc5ccccc5o4)c4nsnc34)sc2-c2sc(-c3[c-]cc(-c4cc5ccccc5o4)c4nsnc34)cc21.[W].[W]. The Morgan fingerprint density at radius 2 is 1.00 bits per heavy atom. The number of unbranched alkanes of at least 4 members (excludes halogenated alkanes) is 2. The molecule has 6 nitrogen and oxygen atoms in total. The van der Waals surface area contributed by atoms with Crippen LogP contribution in [0.5, 0.6) is 0 Å². The predicted octanol–water partition coefficient (Wildman–Crippen LogP) is 15.6. The molecule has 0 saturated heterocycles. The standard InChI is InChI=1S/C52H48N4O2S4Si.2W/c1-5-9-15-31(7-3)29-63(30-32(8-4)16-10-6-2)45-27-43(37-23-21-35(47-49(37)55-61-53-47)41-25-33-17-11-13-19-39(33)57-41)59-51(45)52-46(63)28-44(60-52)38-24-22-36(48-50(38)56-62-54-48)42-26-34-18-12-14-20-40(34)58-42;;/h11-14,17-22,25-28,31-32H,5-10,15-16,29-30H2,1-4H3;;/q-2;;. The summed E-state index contributed by atoms with van der Waals surface area (Å²) in [5.41, 5.74) is 9.25. The van der Waals surface area contributed by atoms with Crippen molar-refractivity contribution in [2.45, 2.75) is 91.1 Å². The van der Waals surface area contributed by atoms with Gasteiger partial charge in [0.25, 0.3) is 0 Å². The predicted molar refractivity (Wildman–Crippen MR) is 270 cm³/mol. The third-order valence-corrected chi connectivity index (χ3v) is 22.9. The molecule has 6 aromatic heterocycles. The van der Waals surface area contributed by atoms with Crippen molar-refractivity contribution in [2.24, 2.45) is 11.8 Å². The van der Waals surface area contributed by atoms with E-state index >= 15 is 0 Å². The second kappa shape index (κ2) is 19.7. The number of hydrogen-bond acceptors (Lipinski definition) is 10. The molecule has 65 heavy (non-hydrogen) atoms. The van der Waals surface area contributed by atoms with Crippen LogP contribution in [0, 0.1) is 24.0 Å². The van der Waals surface area contributed by atoms with Crippen LogP contribution in [-0.2, 0) is 42.1 Å². The van der Waals surface area contributed by atoms with Crippen molar-refractivity contribution in [1.82, 2.24) is 17.5 Å². The van der Waals surface area contributed by atoms with E-state index in [1.165, 1.54) is 106 Å². The molecule has 0 fully saturated rings. The number of aromatic nitrogens is 4. The van der Waals surface area contributed by atoms with Gasteiger partial charge in [0.05, 0.1) is 35.0 Å². The van der Waals surface area contributed by atoms with Gasteiger partial charge in [0.1, 0.15) is 19.2 Å². The molecule has 11 rings (SSSR count). The van der Waals surface area contributed by atoms with E-state index in [9.17, 15) is 0 Å². The number of fused-ring (bicyclic) bond motifs is 7. The smallest absolute Gasteiger partial charge is 0.133 e. The molecule has 0 bridgehead atoms. The molecular formula is C52H48N4O2S4SiW2-2. The minimum atomic E-state index is -2.34. The second-order valence-electron chi connectivity index (χ2n) is 17.4. The summed E-state index contributed by atoms with van der Waals surface area (Å²) in [4.78, 5) is 5.39. The van der Waals surface area contributed by atoms with Gasteiger partial charge < -0.3 is 8.83 Å². The topological polar surface area (TPSA) is 77.8 Å². The first kappa shape index (κ1) is 46.7. The number of furan rings is 2. The molecule has 1 aliphatic rings. The van der Waals surface area contributed by atoms with E-state index in [0.717, 1.165) is 77.8 Å². The first-order valence-corrected chi connectivity index (χ1v) is 28.1. The van der Waals surface area contributed by atoms with E-state index in [-0.39, 0.29) is 42.1 Å². The summed E-state index contributed by atoms with van der Waals surface area (Å²) >= 11 is 6.43. The van der Waals surface area contributed by atoms with Gasteiger partial charge in [0.15, 0.2) is 0 Å². The van der Waals surface area contributed by atoms with Crippen molar-refractivity contribution < 1.29 is 51.0 Å². The van der Waals surface area contributed by atoms with Crippen molar-refractivity contribution >= 4 is 109 Å². The summed E-state index contributed by atoms with van der Waals surface area (Å²) in [6.07, 6.45) is 10.0. The number of benzene rings is 4. The third-order valence-electron chi connectivity index (χ3n) is 13.6. The molecule has 0 radical (unpaired) electrons.